The summed E-state index contributed by atoms with van der Waals surface area (Å²) < 4.78 is 15.5. The molecule has 2 heterocycles. The van der Waals surface area contributed by atoms with Crippen LogP contribution in [0.5, 0.6) is 0 Å². The lowest BCUT2D eigenvalue weighted by Crippen LogP contribution is -2.47. The van der Waals surface area contributed by atoms with Crippen LogP contribution in [0.3, 0.4) is 0 Å². The molecule has 5 rings (SSSR count). The first-order valence-electron chi connectivity index (χ1n) is 11.9. The summed E-state index contributed by atoms with van der Waals surface area (Å²) in [5.74, 6) is -0.197. The minimum atomic E-state index is -0.285. The number of nitrogens with zero attached hydrogens (tertiary/aromatic N) is 4. The summed E-state index contributed by atoms with van der Waals surface area (Å²) in [4.78, 5) is 4.86. The van der Waals surface area contributed by atoms with Gasteiger partial charge < -0.3 is 5.11 Å². The molecular weight excluding hydrogens is 415 g/mol. The van der Waals surface area contributed by atoms with E-state index in [1.165, 1.54) is 36.2 Å². The van der Waals surface area contributed by atoms with Gasteiger partial charge in [-0.25, -0.2) is 9.07 Å². The van der Waals surface area contributed by atoms with Crippen LogP contribution in [0.15, 0.2) is 54.6 Å². The predicted molar refractivity (Wildman–Crippen MR) is 128 cm³/mol. The quantitative estimate of drug-likeness (QED) is 0.558. The summed E-state index contributed by atoms with van der Waals surface area (Å²) in [6.07, 6.45) is 3.29. The van der Waals surface area contributed by atoms with Crippen LogP contribution in [0, 0.1) is 5.82 Å². The maximum atomic E-state index is 13.3. The van der Waals surface area contributed by atoms with E-state index >= 15 is 0 Å². The van der Waals surface area contributed by atoms with Gasteiger partial charge in [0.05, 0.1) is 23.7 Å². The van der Waals surface area contributed by atoms with Crippen LogP contribution in [0.2, 0.25) is 0 Å². The van der Waals surface area contributed by atoms with Gasteiger partial charge >= 0.3 is 0 Å². The topological polar surface area (TPSA) is 44.5 Å². The number of para-hydroxylation sites is 1. The Balaban J connectivity index is 1.47. The van der Waals surface area contributed by atoms with Gasteiger partial charge in [-0.1, -0.05) is 30.3 Å². The van der Waals surface area contributed by atoms with Crippen molar-refractivity contribution in [3.05, 3.63) is 82.9 Å². The normalized spacial score (nSPS) is 16.9. The molecule has 3 aromatic rings. The van der Waals surface area contributed by atoms with Crippen LogP contribution in [-0.4, -0.2) is 49.4 Å². The van der Waals surface area contributed by atoms with Crippen LogP contribution in [0.4, 0.5) is 4.39 Å². The molecule has 0 radical (unpaired) electrons. The van der Waals surface area contributed by atoms with Crippen LogP contribution in [0.25, 0.3) is 5.69 Å². The van der Waals surface area contributed by atoms with Gasteiger partial charge in [-0.05, 0) is 56.5 Å². The van der Waals surface area contributed by atoms with Crippen molar-refractivity contribution in [2.45, 2.75) is 64.3 Å². The first-order chi connectivity index (χ1) is 15.9. The molecule has 1 N–H and O–H groups in total. The molecule has 0 bridgehead atoms. The molecule has 1 aromatic heterocycles. The maximum Gasteiger partial charge on any atom is 0.123 e. The Hall–Kier alpha value is -2.54. The summed E-state index contributed by atoms with van der Waals surface area (Å²) in [6, 6.07) is 17.7. The second-order valence-corrected chi connectivity index (χ2v) is 10.0. The summed E-state index contributed by atoms with van der Waals surface area (Å²) >= 11 is 0. The second kappa shape index (κ2) is 9.01. The SMILES string of the molecule is CC(C)(CO)N(Cc1nn(-c2ccccc2)c2c1CN(Cc1ccc(F)cc1)CC2)C1CC1. The summed E-state index contributed by atoms with van der Waals surface area (Å²) in [6.45, 7) is 7.67. The van der Waals surface area contributed by atoms with E-state index in [2.05, 4.69) is 52.6 Å². The first kappa shape index (κ1) is 22.3. The lowest BCUT2D eigenvalue weighted by molar-refractivity contribution is 0.0422. The number of aliphatic hydroxyl groups excluding tert-OH is 1. The van der Waals surface area contributed by atoms with Crippen molar-refractivity contribution < 1.29 is 9.50 Å². The van der Waals surface area contributed by atoms with Gasteiger partial charge in [-0.3, -0.25) is 9.80 Å². The van der Waals surface area contributed by atoms with Crippen molar-refractivity contribution >= 4 is 0 Å². The smallest absolute Gasteiger partial charge is 0.123 e. The summed E-state index contributed by atoms with van der Waals surface area (Å²) in [7, 11) is 0. The maximum absolute atomic E-state index is 13.3. The zero-order valence-corrected chi connectivity index (χ0v) is 19.5. The molecule has 1 aliphatic carbocycles. The van der Waals surface area contributed by atoms with Gasteiger partial charge in [-0.2, -0.15) is 5.10 Å². The van der Waals surface area contributed by atoms with E-state index in [0.29, 0.717) is 6.04 Å². The number of hydrogen-bond acceptors (Lipinski definition) is 4. The van der Waals surface area contributed by atoms with E-state index in [1.807, 2.05) is 18.2 Å². The molecule has 6 heteroatoms. The molecular formula is C27H33FN4O. The Bertz CT molecular complexity index is 1090. The fraction of sp³-hybridized carbons (Fsp3) is 0.444. The number of halogens is 1. The number of hydrogen-bond donors (Lipinski definition) is 1. The van der Waals surface area contributed by atoms with E-state index in [-0.39, 0.29) is 18.0 Å². The number of aromatic nitrogens is 2. The highest BCUT2D eigenvalue weighted by atomic mass is 19.1. The highest BCUT2D eigenvalue weighted by Crippen LogP contribution is 2.36. The molecule has 0 atom stereocenters. The number of aliphatic hydroxyl groups is 1. The van der Waals surface area contributed by atoms with Crippen molar-refractivity contribution in [3.63, 3.8) is 0 Å². The van der Waals surface area contributed by atoms with Crippen LogP contribution < -0.4 is 0 Å². The molecule has 2 aliphatic rings. The van der Waals surface area contributed by atoms with E-state index in [1.54, 1.807) is 0 Å². The van der Waals surface area contributed by atoms with Crippen molar-refractivity contribution in [2.24, 2.45) is 0 Å². The highest BCUT2D eigenvalue weighted by Gasteiger charge is 2.39. The molecule has 174 valence electrons. The van der Waals surface area contributed by atoms with Crippen LogP contribution in [0.1, 0.15) is 49.2 Å². The van der Waals surface area contributed by atoms with Gasteiger partial charge in [0, 0.05) is 49.7 Å². The summed E-state index contributed by atoms with van der Waals surface area (Å²) in [5.41, 5.74) is 5.61. The number of fused-ring (bicyclic) bond motifs is 1. The average Bonchev–Trinajstić information content (AvgIpc) is 3.61. The third-order valence-corrected chi connectivity index (χ3v) is 7.01. The number of rotatable bonds is 8. The third kappa shape index (κ3) is 4.74. The van der Waals surface area contributed by atoms with Crippen molar-refractivity contribution in [1.82, 2.24) is 19.6 Å². The molecule has 1 saturated carbocycles. The van der Waals surface area contributed by atoms with E-state index in [9.17, 15) is 9.50 Å². The monoisotopic (exact) mass is 448 g/mol. The molecule has 0 saturated heterocycles. The number of benzene rings is 2. The standard InChI is InChI=1S/C27H33FN4O/c1-27(2,19-33)31(22-12-13-22)18-25-24-17-30(16-20-8-10-21(28)11-9-20)15-14-26(24)32(29-25)23-6-4-3-5-7-23/h3-11,22,33H,12-19H2,1-2H3. The van der Waals surface area contributed by atoms with Gasteiger partial charge in [0.1, 0.15) is 5.82 Å². The lowest BCUT2D eigenvalue weighted by Gasteiger charge is -2.37. The zero-order valence-electron chi connectivity index (χ0n) is 19.5. The van der Waals surface area contributed by atoms with Crippen LogP contribution in [-0.2, 0) is 26.1 Å². The second-order valence-electron chi connectivity index (χ2n) is 10.0. The Kier molecular flexibility index (Phi) is 6.08. The fourth-order valence-electron chi connectivity index (χ4n) is 4.91. The van der Waals surface area contributed by atoms with E-state index in [4.69, 9.17) is 5.10 Å². The van der Waals surface area contributed by atoms with Crippen LogP contribution >= 0.6 is 0 Å². The van der Waals surface area contributed by atoms with Gasteiger partial charge in [0.25, 0.3) is 0 Å². The summed E-state index contributed by atoms with van der Waals surface area (Å²) in [5, 5.41) is 15.2. The minimum Gasteiger partial charge on any atom is -0.394 e. The molecule has 0 amide bonds. The fourth-order valence-corrected chi connectivity index (χ4v) is 4.91. The molecule has 1 fully saturated rings. The molecule has 5 nitrogen and oxygen atoms in total. The average molecular weight is 449 g/mol. The van der Waals surface area contributed by atoms with E-state index in [0.717, 1.165) is 49.5 Å². The Labute approximate surface area is 195 Å². The van der Waals surface area contributed by atoms with Gasteiger partial charge in [-0.15, -0.1) is 0 Å². The Morgan fingerprint density at radius 2 is 1.82 bits per heavy atom. The van der Waals surface area contributed by atoms with Crippen molar-refractivity contribution in [2.75, 3.05) is 13.2 Å². The Morgan fingerprint density at radius 1 is 1.09 bits per heavy atom. The molecule has 2 aromatic carbocycles. The zero-order chi connectivity index (χ0) is 23.0. The largest absolute Gasteiger partial charge is 0.394 e. The predicted octanol–water partition coefficient (Wildman–Crippen LogP) is 4.31. The lowest BCUT2D eigenvalue weighted by atomic mass is 10.0. The highest BCUT2D eigenvalue weighted by molar-refractivity contribution is 5.39. The van der Waals surface area contributed by atoms with Gasteiger partial charge in [0.15, 0.2) is 0 Å². The van der Waals surface area contributed by atoms with Gasteiger partial charge in [0.2, 0.25) is 0 Å². The minimum absolute atomic E-state index is 0.127. The molecule has 33 heavy (non-hydrogen) atoms. The van der Waals surface area contributed by atoms with Crippen molar-refractivity contribution in [3.8, 4) is 5.69 Å². The Morgan fingerprint density at radius 3 is 2.48 bits per heavy atom. The van der Waals surface area contributed by atoms with E-state index < -0.39 is 0 Å². The molecule has 1 aliphatic heterocycles. The van der Waals surface area contributed by atoms with Crippen molar-refractivity contribution in [1.29, 1.82) is 0 Å². The molecule has 0 spiro atoms. The molecule has 0 unspecified atom stereocenters. The first-order valence-corrected chi connectivity index (χ1v) is 11.9. The third-order valence-electron chi connectivity index (χ3n) is 7.01.